The lowest BCUT2D eigenvalue weighted by Gasteiger charge is -2.33. The van der Waals surface area contributed by atoms with Crippen molar-refractivity contribution >= 4 is 22.9 Å². The second kappa shape index (κ2) is 7.97. The van der Waals surface area contributed by atoms with Crippen LogP contribution in [0.15, 0.2) is 36.7 Å². The molecule has 156 valence electrons. The average Bonchev–Trinajstić information content (AvgIpc) is 3.18. The van der Waals surface area contributed by atoms with Crippen molar-refractivity contribution in [1.82, 2.24) is 14.6 Å². The minimum absolute atomic E-state index is 0.0340. The number of nitrogens with one attached hydrogen (secondary N) is 1. The molecular formula is C23H27N5O2. The number of benzene rings is 1. The van der Waals surface area contributed by atoms with Gasteiger partial charge in [0.2, 0.25) is 5.91 Å². The number of para-hydroxylation sites is 2. The Morgan fingerprint density at radius 3 is 2.97 bits per heavy atom. The molecule has 1 aliphatic carbocycles. The van der Waals surface area contributed by atoms with Gasteiger partial charge >= 0.3 is 0 Å². The number of hydrogen-bond donors (Lipinski definition) is 1. The number of amides is 1. The Bertz CT molecular complexity index is 1080. The molecule has 3 heterocycles. The van der Waals surface area contributed by atoms with Crippen LogP contribution in [0.2, 0.25) is 0 Å². The van der Waals surface area contributed by atoms with Gasteiger partial charge in [-0.2, -0.15) is 5.10 Å². The maximum atomic E-state index is 13.0. The highest BCUT2D eigenvalue weighted by Crippen LogP contribution is 2.32. The molecule has 0 bridgehead atoms. The summed E-state index contributed by atoms with van der Waals surface area (Å²) in [6, 6.07) is 7.53. The highest BCUT2D eigenvalue weighted by Gasteiger charge is 2.29. The third kappa shape index (κ3) is 3.38. The number of carbonyl (C=O) groups is 1. The Balaban J connectivity index is 1.39. The molecule has 1 aromatic carbocycles. The van der Waals surface area contributed by atoms with E-state index in [1.165, 1.54) is 24.1 Å². The number of fused-ring (bicyclic) bond motifs is 3. The quantitative estimate of drug-likeness (QED) is 0.720. The van der Waals surface area contributed by atoms with E-state index in [1.54, 1.807) is 7.11 Å². The summed E-state index contributed by atoms with van der Waals surface area (Å²) < 4.78 is 7.35. The molecule has 1 saturated heterocycles. The molecule has 1 atom stereocenters. The van der Waals surface area contributed by atoms with Crippen LogP contribution in [0.5, 0.6) is 5.75 Å². The number of nitrogens with zero attached hydrogens (tertiary/aromatic N) is 4. The van der Waals surface area contributed by atoms with E-state index in [9.17, 15) is 4.79 Å². The van der Waals surface area contributed by atoms with Crippen LogP contribution in [0.4, 0.5) is 11.5 Å². The summed E-state index contributed by atoms with van der Waals surface area (Å²) in [6.07, 6.45) is 10.1. The van der Waals surface area contributed by atoms with Crippen molar-refractivity contribution in [2.24, 2.45) is 5.92 Å². The zero-order valence-corrected chi connectivity index (χ0v) is 17.3. The molecule has 7 heteroatoms. The van der Waals surface area contributed by atoms with E-state index in [4.69, 9.17) is 14.8 Å². The van der Waals surface area contributed by atoms with Crippen LogP contribution in [0.25, 0.3) is 5.52 Å². The van der Waals surface area contributed by atoms with E-state index in [1.807, 2.05) is 41.2 Å². The molecule has 1 N–H and O–H groups in total. The third-order valence-corrected chi connectivity index (χ3v) is 6.26. The van der Waals surface area contributed by atoms with Gasteiger partial charge in [0.1, 0.15) is 11.3 Å². The molecule has 2 aliphatic rings. The summed E-state index contributed by atoms with van der Waals surface area (Å²) in [4.78, 5) is 20.0. The predicted molar refractivity (Wildman–Crippen MR) is 116 cm³/mol. The topological polar surface area (TPSA) is 71.8 Å². The Hall–Kier alpha value is -3.09. The maximum absolute atomic E-state index is 13.0. The van der Waals surface area contributed by atoms with E-state index in [0.717, 1.165) is 43.6 Å². The summed E-state index contributed by atoms with van der Waals surface area (Å²) in [5, 5.41) is 7.85. The molecular weight excluding hydrogens is 378 g/mol. The molecule has 30 heavy (non-hydrogen) atoms. The predicted octanol–water partition coefficient (Wildman–Crippen LogP) is 3.47. The van der Waals surface area contributed by atoms with Gasteiger partial charge in [-0.15, -0.1) is 0 Å². The average molecular weight is 406 g/mol. The molecule has 7 nitrogen and oxygen atoms in total. The van der Waals surface area contributed by atoms with Gasteiger partial charge in [-0.05, 0) is 50.7 Å². The monoisotopic (exact) mass is 405 g/mol. The number of rotatable bonds is 4. The fraction of sp³-hybridized carbons (Fsp3) is 0.435. The molecule has 0 spiro atoms. The highest BCUT2D eigenvalue weighted by atomic mass is 16.5. The van der Waals surface area contributed by atoms with Crippen molar-refractivity contribution in [3.63, 3.8) is 0 Å². The van der Waals surface area contributed by atoms with Gasteiger partial charge < -0.3 is 15.0 Å². The number of aryl methyl sites for hydroxylation is 2. The van der Waals surface area contributed by atoms with Crippen LogP contribution in [0.1, 0.15) is 36.9 Å². The number of methoxy groups -OCH3 is 1. The van der Waals surface area contributed by atoms with E-state index in [0.29, 0.717) is 18.0 Å². The molecule has 3 aromatic rings. The summed E-state index contributed by atoms with van der Waals surface area (Å²) in [6.45, 7) is 1.57. The van der Waals surface area contributed by atoms with Crippen molar-refractivity contribution in [3.05, 3.63) is 47.9 Å². The van der Waals surface area contributed by atoms with Crippen LogP contribution >= 0.6 is 0 Å². The Morgan fingerprint density at radius 2 is 2.07 bits per heavy atom. The van der Waals surface area contributed by atoms with Crippen LogP contribution in [0.3, 0.4) is 0 Å². The van der Waals surface area contributed by atoms with Gasteiger partial charge in [0.25, 0.3) is 0 Å². The first-order valence-corrected chi connectivity index (χ1v) is 10.8. The highest BCUT2D eigenvalue weighted by molar-refractivity contribution is 5.94. The first kappa shape index (κ1) is 18.9. The molecule has 0 saturated carbocycles. The normalized spacial score (nSPS) is 18.8. The van der Waals surface area contributed by atoms with Crippen LogP contribution in [0, 0.1) is 5.92 Å². The molecule has 1 fully saturated rings. The lowest BCUT2D eigenvalue weighted by atomic mass is 9.95. The second-order valence-electron chi connectivity index (χ2n) is 8.15. The number of carbonyl (C=O) groups excluding carboxylic acids is 1. The van der Waals surface area contributed by atoms with E-state index < -0.39 is 0 Å². The SMILES string of the molecule is COc1ccccc1NC(=O)[C@H]1CCCN(c2nccn3nc4c(c23)CCCC4)C1. The summed E-state index contributed by atoms with van der Waals surface area (Å²) >= 11 is 0. The van der Waals surface area contributed by atoms with Crippen LogP contribution in [-0.4, -0.2) is 40.7 Å². The molecule has 2 aromatic heterocycles. The van der Waals surface area contributed by atoms with Crippen molar-refractivity contribution in [1.29, 1.82) is 0 Å². The zero-order valence-electron chi connectivity index (χ0n) is 17.3. The van der Waals surface area contributed by atoms with E-state index >= 15 is 0 Å². The molecule has 5 rings (SSSR count). The molecule has 1 aliphatic heterocycles. The zero-order chi connectivity index (χ0) is 20.5. The Morgan fingerprint density at radius 1 is 1.20 bits per heavy atom. The van der Waals surface area contributed by atoms with Gasteiger partial charge in [-0.25, -0.2) is 9.50 Å². The standard InChI is InChI=1S/C23H27N5O2/c1-30-20-11-5-4-10-19(20)25-23(29)16-7-6-13-27(15-16)22-21-17-8-2-3-9-18(17)26-28(21)14-12-24-22/h4-5,10-12,14,16H,2-3,6-9,13,15H2,1H3,(H,25,29)/t16-/m0/s1. The van der Waals surface area contributed by atoms with Gasteiger partial charge in [0, 0.05) is 31.0 Å². The van der Waals surface area contributed by atoms with Crippen molar-refractivity contribution in [2.45, 2.75) is 38.5 Å². The maximum Gasteiger partial charge on any atom is 0.229 e. The largest absolute Gasteiger partial charge is 0.495 e. The van der Waals surface area contributed by atoms with E-state index in [2.05, 4.69) is 10.2 Å². The minimum atomic E-state index is -0.0931. The van der Waals surface area contributed by atoms with Crippen LogP contribution in [-0.2, 0) is 17.6 Å². The first-order valence-electron chi connectivity index (χ1n) is 10.8. The number of aromatic nitrogens is 3. The number of ether oxygens (including phenoxy) is 1. The first-order chi connectivity index (χ1) is 14.7. The van der Waals surface area contributed by atoms with Gasteiger partial charge in [-0.3, -0.25) is 4.79 Å². The lowest BCUT2D eigenvalue weighted by molar-refractivity contribution is -0.120. The number of piperidine rings is 1. The molecule has 0 unspecified atom stereocenters. The van der Waals surface area contributed by atoms with Crippen molar-refractivity contribution < 1.29 is 9.53 Å². The second-order valence-corrected chi connectivity index (χ2v) is 8.15. The Labute approximate surface area is 176 Å². The number of hydrogen-bond acceptors (Lipinski definition) is 5. The Kier molecular flexibility index (Phi) is 5.02. The van der Waals surface area contributed by atoms with Gasteiger partial charge in [0.05, 0.1) is 24.4 Å². The summed E-state index contributed by atoms with van der Waals surface area (Å²) in [7, 11) is 1.62. The fourth-order valence-electron chi connectivity index (χ4n) is 4.74. The van der Waals surface area contributed by atoms with Crippen molar-refractivity contribution in [3.8, 4) is 5.75 Å². The summed E-state index contributed by atoms with van der Waals surface area (Å²) in [5.74, 6) is 1.58. The van der Waals surface area contributed by atoms with Crippen molar-refractivity contribution in [2.75, 3.05) is 30.4 Å². The van der Waals surface area contributed by atoms with Crippen LogP contribution < -0.4 is 15.0 Å². The molecule has 0 radical (unpaired) electrons. The van der Waals surface area contributed by atoms with Gasteiger partial charge in [0.15, 0.2) is 5.82 Å². The molecule has 1 amide bonds. The van der Waals surface area contributed by atoms with Gasteiger partial charge in [-0.1, -0.05) is 12.1 Å². The smallest absolute Gasteiger partial charge is 0.229 e. The third-order valence-electron chi connectivity index (χ3n) is 6.26. The fourth-order valence-corrected chi connectivity index (χ4v) is 4.74. The minimum Gasteiger partial charge on any atom is -0.495 e. The number of anilines is 2. The lowest BCUT2D eigenvalue weighted by Crippen LogP contribution is -2.41. The summed E-state index contributed by atoms with van der Waals surface area (Å²) in [5.41, 5.74) is 4.38. The van der Waals surface area contributed by atoms with E-state index in [-0.39, 0.29) is 11.8 Å².